The lowest BCUT2D eigenvalue weighted by Crippen LogP contribution is -2.44. The molecule has 0 aliphatic carbocycles. The van der Waals surface area contributed by atoms with Crippen molar-refractivity contribution in [2.45, 2.75) is 39.3 Å². The predicted octanol–water partition coefficient (Wildman–Crippen LogP) is 2.24. The van der Waals surface area contributed by atoms with Crippen molar-refractivity contribution >= 4 is 5.96 Å². The Hall–Kier alpha value is -1.95. The molecule has 1 aliphatic rings. The molecule has 2 N–H and O–H groups in total. The lowest BCUT2D eigenvalue weighted by Gasteiger charge is -2.24. The summed E-state index contributed by atoms with van der Waals surface area (Å²) in [5, 5.41) is 6.82. The molecule has 1 saturated heterocycles. The summed E-state index contributed by atoms with van der Waals surface area (Å²) in [7, 11) is 3.46. The van der Waals surface area contributed by atoms with Crippen LogP contribution in [0.2, 0.25) is 0 Å². The van der Waals surface area contributed by atoms with E-state index < -0.39 is 0 Å². The molecular weight excluding hydrogens is 316 g/mol. The van der Waals surface area contributed by atoms with Gasteiger partial charge in [0.05, 0.1) is 13.7 Å². The zero-order valence-electron chi connectivity index (χ0n) is 16.0. The Morgan fingerprint density at radius 1 is 1.28 bits per heavy atom. The molecule has 0 saturated carbocycles. The van der Waals surface area contributed by atoms with Gasteiger partial charge in [-0.25, -0.2) is 0 Å². The molecule has 1 atom stereocenters. The number of hydrogen-bond donors (Lipinski definition) is 2. The fraction of sp³-hybridized carbons (Fsp3) is 0.632. The van der Waals surface area contributed by atoms with Gasteiger partial charge >= 0.3 is 0 Å². The number of nitrogens with zero attached hydrogens (tertiary/aromatic N) is 2. The average molecular weight is 348 g/mol. The van der Waals surface area contributed by atoms with E-state index >= 15 is 0 Å². The van der Waals surface area contributed by atoms with E-state index in [1.165, 1.54) is 19.4 Å². The number of hydrogen-bond acceptors (Lipinski definition) is 4. The van der Waals surface area contributed by atoms with E-state index in [-0.39, 0.29) is 0 Å². The maximum atomic E-state index is 5.64. The molecule has 0 amide bonds. The van der Waals surface area contributed by atoms with Gasteiger partial charge in [-0.05, 0) is 50.6 Å². The molecule has 140 valence electrons. The molecule has 1 fully saturated rings. The maximum Gasteiger partial charge on any atom is 0.191 e. The van der Waals surface area contributed by atoms with Crippen molar-refractivity contribution in [1.82, 2.24) is 15.5 Å². The topological polar surface area (TPSA) is 58.1 Å². The summed E-state index contributed by atoms with van der Waals surface area (Å²) in [6, 6.07) is 6.60. The van der Waals surface area contributed by atoms with Gasteiger partial charge in [-0.1, -0.05) is 13.0 Å². The van der Waals surface area contributed by atoms with Crippen LogP contribution in [0.5, 0.6) is 11.5 Å². The van der Waals surface area contributed by atoms with Crippen LogP contribution in [-0.2, 0) is 6.54 Å². The highest BCUT2D eigenvalue weighted by molar-refractivity contribution is 5.79. The van der Waals surface area contributed by atoms with Gasteiger partial charge in [-0.15, -0.1) is 0 Å². The molecule has 1 unspecified atom stereocenters. The summed E-state index contributed by atoms with van der Waals surface area (Å²) < 4.78 is 11.0. The van der Waals surface area contributed by atoms with Crippen molar-refractivity contribution in [2.75, 3.05) is 40.4 Å². The monoisotopic (exact) mass is 348 g/mol. The van der Waals surface area contributed by atoms with Gasteiger partial charge in [0.1, 0.15) is 0 Å². The first-order chi connectivity index (χ1) is 12.2. The molecule has 0 spiro atoms. The van der Waals surface area contributed by atoms with Crippen molar-refractivity contribution in [1.29, 1.82) is 0 Å². The number of guanidine groups is 1. The highest BCUT2D eigenvalue weighted by Gasteiger charge is 2.22. The zero-order valence-corrected chi connectivity index (χ0v) is 16.0. The van der Waals surface area contributed by atoms with E-state index in [1.807, 2.05) is 25.1 Å². The van der Waals surface area contributed by atoms with Crippen LogP contribution < -0.4 is 20.1 Å². The Morgan fingerprint density at radius 3 is 2.80 bits per heavy atom. The van der Waals surface area contributed by atoms with Crippen molar-refractivity contribution < 1.29 is 9.47 Å². The van der Waals surface area contributed by atoms with E-state index in [9.17, 15) is 0 Å². The molecule has 1 aromatic rings. The SMILES string of the molecule is CCOc1cc(CNC(=NC)NCC2CCCN2CC)ccc1OC. The summed E-state index contributed by atoms with van der Waals surface area (Å²) in [6.07, 6.45) is 2.55. The van der Waals surface area contributed by atoms with Gasteiger partial charge in [0.25, 0.3) is 0 Å². The van der Waals surface area contributed by atoms with Gasteiger partial charge < -0.3 is 20.1 Å². The quantitative estimate of drug-likeness (QED) is 0.557. The van der Waals surface area contributed by atoms with Crippen molar-refractivity contribution in [2.24, 2.45) is 4.99 Å². The molecule has 1 heterocycles. The minimum atomic E-state index is 0.606. The number of likely N-dealkylation sites (tertiary alicyclic amines) is 1. The molecule has 0 aromatic heterocycles. The molecule has 6 nitrogen and oxygen atoms in total. The van der Waals surface area contributed by atoms with E-state index in [0.717, 1.165) is 36.1 Å². The van der Waals surface area contributed by atoms with Crippen LogP contribution in [0.1, 0.15) is 32.3 Å². The summed E-state index contributed by atoms with van der Waals surface area (Å²) in [5.41, 5.74) is 1.13. The van der Waals surface area contributed by atoms with E-state index in [2.05, 4.69) is 27.4 Å². The molecule has 0 bridgehead atoms. The fourth-order valence-corrected chi connectivity index (χ4v) is 3.26. The van der Waals surface area contributed by atoms with Crippen LogP contribution in [0.4, 0.5) is 0 Å². The zero-order chi connectivity index (χ0) is 18.1. The Kier molecular flexibility index (Phi) is 7.85. The molecule has 1 aliphatic heterocycles. The lowest BCUT2D eigenvalue weighted by molar-refractivity contribution is 0.267. The number of likely N-dealkylation sites (N-methyl/N-ethyl adjacent to an activating group) is 1. The third-order valence-corrected chi connectivity index (χ3v) is 4.62. The second kappa shape index (κ2) is 10.1. The molecular formula is C19H32N4O2. The van der Waals surface area contributed by atoms with Gasteiger partial charge in [-0.2, -0.15) is 0 Å². The van der Waals surface area contributed by atoms with Crippen molar-refractivity contribution in [3.05, 3.63) is 23.8 Å². The Labute approximate surface area is 151 Å². The third kappa shape index (κ3) is 5.53. The Morgan fingerprint density at radius 2 is 2.12 bits per heavy atom. The summed E-state index contributed by atoms with van der Waals surface area (Å²) in [5.74, 6) is 2.36. The molecule has 0 radical (unpaired) electrons. The van der Waals surface area contributed by atoms with Gasteiger partial charge in [-0.3, -0.25) is 9.89 Å². The van der Waals surface area contributed by atoms with E-state index in [1.54, 1.807) is 14.2 Å². The van der Waals surface area contributed by atoms with Crippen LogP contribution in [0.25, 0.3) is 0 Å². The standard InChI is InChI=1S/C19H32N4O2/c1-5-23-11-7-8-16(23)14-22-19(20-3)21-13-15-9-10-17(24-4)18(12-15)25-6-2/h9-10,12,16H,5-8,11,13-14H2,1-4H3,(H2,20,21,22). The molecule has 25 heavy (non-hydrogen) atoms. The first kappa shape index (κ1) is 19.4. The van der Waals surface area contributed by atoms with Gasteiger partial charge in [0.15, 0.2) is 17.5 Å². The highest BCUT2D eigenvalue weighted by atomic mass is 16.5. The fourth-order valence-electron chi connectivity index (χ4n) is 3.26. The minimum absolute atomic E-state index is 0.606. The second-order valence-corrected chi connectivity index (χ2v) is 6.15. The number of ether oxygens (including phenoxy) is 2. The Balaban J connectivity index is 1.87. The van der Waals surface area contributed by atoms with Crippen LogP contribution >= 0.6 is 0 Å². The van der Waals surface area contributed by atoms with Gasteiger partial charge in [0, 0.05) is 26.2 Å². The summed E-state index contributed by atoms with van der Waals surface area (Å²) in [4.78, 5) is 6.85. The summed E-state index contributed by atoms with van der Waals surface area (Å²) >= 11 is 0. The van der Waals surface area contributed by atoms with Crippen LogP contribution in [0.15, 0.2) is 23.2 Å². The smallest absolute Gasteiger partial charge is 0.191 e. The first-order valence-electron chi connectivity index (χ1n) is 9.20. The normalized spacial score (nSPS) is 18.2. The predicted molar refractivity (Wildman–Crippen MR) is 103 cm³/mol. The second-order valence-electron chi connectivity index (χ2n) is 6.15. The summed E-state index contributed by atoms with van der Waals surface area (Å²) in [6.45, 7) is 8.76. The van der Waals surface area contributed by atoms with E-state index in [4.69, 9.17) is 9.47 Å². The number of rotatable bonds is 8. The first-order valence-corrected chi connectivity index (χ1v) is 9.20. The van der Waals surface area contributed by atoms with Crippen LogP contribution in [0, 0.1) is 0 Å². The van der Waals surface area contributed by atoms with Crippen LogP contribution in [0.3, 0.4) is 0 Å². The number of benzene rings is 1. The lowest BCUT2D eigenvalue weighted by atomic mass is 10.2. The van der Waals surface area contributed by atoms with Crippen LogP contribution in [-0.4, -0.2) is 57.3 Å². The molecule has 6 heteroatoms. The number of methoxy groups -OCH3 is 1. The van der Waals surface area contributed by atoms with Crippen molar-refractivity contribution in [3.8, 4) is 11.5 Å². The molecule has 2 rings (SSSR count). The number of aliphatic imine (C=N–C) groups is 1. The van der Waals surface area contributed by atoms with Gasteiger partial charge in [0.2, 0.25) is 0 Å². The largest absolute Gasteiger partial charge is 0.493 e. The average Bonchev–Trinajstić information content (AvgIpc) is 3.10. The third-order valence-electron chi connectivity index (χ3n) is 4.62. The molecule has 1 aromatic carbocycles. The van der Waals surface area contributed by atoms with E-state index in [0.29, 0.717) is 19.2 Å². The minimum Gasteiger partial charge on any atom is -0.493 e. The maximum absolute atomic E-state index is 5.64. The number of nitrogens with one attached hydrogen (secondary N) is 2. The van der Waals surface area contributed by atoms with Crippen molar-refractivity contribution in [3.63, 3.8) is 0 Å². The Bertz CT molecular complexity index is 562. The highest BCUT2D eigenvalue weighted by Crippen LogP contribution is 2.27.